The van der Waals surface area contributed by atoms with Crippen molar-refractivity contribution in [1.82, 2.24) is 36.3 Å². The van der Waals surface area contributed by atoms with Crippen LogP contribution in [-0.2, 0) is 39.8 Å². The SMILES string of the molecule is CCCO[C@H](C[C@@H](N(COCC)C(=O)[C@@H](NC(=O)[C@H]1CCCCN1C)[C@@H](C)CC)C1(CC)CC1)c1nc(C(=O)N[C@@H](Cc2ccccc2)C[C@H](C)C(=O)NNC(=O)OCCOCCN=[N+]=[N-])cs1. The third-order valence-corrected chi connectivity index (χ3v) is 14.1. The number of thiazole rings is 1. The van der Waals surface area contributed by atoms with E-state index in [1.165, 1.54) is 11.3 Å². The number of likely N-dealkylation sites (tertiary alicyclic amines) is 1. The number of carbonyl (C=O) groups excluding carboxylic acids is 5. The van der Waals surface area contributed by atoms with Crippen molar-refractivity contribution in [3.63, 3.8) is 0 Å². The molecule has 4 N–H and O–H groups in total. The van der Waals surface area contributed by atoms with Crippen molar-refractivity contribution in [2.75, 3.05) is 59.9 Å². The number of benzene rings is 1. The average Bonchev–Trinajstić information content (AvgIpc) is 3.98. The number of hydrazine groups is 1. The van der Waals surface area contributed by atoms with Crippen LogP contribution in [0.5, 0.6) is 0 Å². The van der Waals surface area contributed by atoms with Crippen molar-refractivity contribution in [3.05, 3.63) is 62.4 Å². The van der Waals surface area contributed by atoms with Crippen molar-refractivity contribution in [2.45, 2.75) is 142 Å². The monoisotopic (exact) mass is 969 g/mol. The van der Waals surface area contributed by atoms with Crippen LogP contribution in [-0.4, -0.2) is 129 Å². The minimum Gasteiger partial charge on any atom is -0.446 e. The van der Waals surface area contributed by atoms with Gasteiger partial charge in [0.25, 0.3) is 5.91 Å². The fourth-order valence-corrected chi connectivity index (χ4v) is 9.51. The van der Waals surface area contributed by atoms with Gasteiger partial charge >= 0.3 is 6.09 Å². The van der Waals surface area contributed by atoms with Crippen LogP contribution in [0.4, 0.5) is 4.79 Å². The molecule has 5 amide bonds. The number of nitrogens with zero attached hydrogens (tertiary/aromatic N) is 6. The van der Waals surface area contributed by atoms with E-state index in [0.29, 0.717) is 37.5 Å². The molecule has 0 spiro atoms. The number of carbonyl (C=O) groups is 5. The molecule has 1 aliphatic heterocycles. The molecule has 2 aliphatic rings. The summed E-state index contributed by atoms with van der Waals surface area (Å²) in [4.78, 5) is 79.8. The maximum absolute atomic E-state index is 15.1. The molecule has 20 heteroatoms. The lowest BCUT2D eigenvalue weighted by Crippen LogP contribution is -2.59. The van der Waals surface area contributed by atoms with E-state index >= 15 is 4.79 Å². The van der Waals surface area contributed by atoms with Gasteiger partial charge in [0.2, 0.25) is 17.7 Å². The zero-order chi connectivity index (χ0) is 49.5. The van der Waals surface area contributed by atoms with Crippen molar-refractivity contribution in [2.24, 2.45) is 22.4 Å². The van der Waals surface area contributed by atoms with Crippen molar-refractivity contribution < 1.29 is 42.9 Å². The van der Waals surface area contributed by atoms with Crippen LogP contribution in [0.1, 0.15) is 133 Å². The Balaban J connectivity index is 1.52. The number of aromatic nitrogens is 1. The zero-order valence-electron chi connectivity index (χ0n) is 41.2. The van der Waals surface area contributed by atoms with E-state index in [1.807, 2.05) is 70.0 Å². The van der Waals surface area contributed by atoms with Gasteiger partial charge in [0, 0.05) is 54.5 Å². The summed E-state index contributed by atoms with van der Waals surface area (Å²) in [5, 5.41) is 12.0. The van der Waals surface area contributed by atoms with Gasteiger partial charge in [-0.25, -0.2) is 15.2 Å². The summed E-state index contributed by atoms with van der Waals surface area (Å²) in [6.45, 7) is 13.9. The molecule has 1 aromatic carbocycles. The first-order valence-electron chi connectivity index (χ1n) is 24.4. The van der Waals surface area contributed by atoms with E-state index in [2.05, 4.69) is 43.3 Å². The van der Waals surface area contributed by atoms with Crippen molar-refractivity contribution in [3.8, 4) is 0 Å². The lowest BCUT2D eigenvalue weighted by Gasteiger charge is -2.41. The van der Waals surface area contributed by atoms with Gasteiger partial charge in [0.15, 0.2) is 0 Å². The van der Waals surface area contributed by atoms with Gasteiger partial charge in [-0.1, -0.05) is 82.9 Å². The van der Waals surface area contributed by atoms with Crippen molar-refractivity contribution >= 4 is 41.1 Å². The largest absolute Gasteiger partial charge is 0.446 e. The first-order chi connectivity index (χ1) is 32.8. The number of amides is 5. The van der Waals surface area contributed by atoms with E-state index in [-0.39, 0.29) is 80.4 Å². The highest BCUT2D eigenvalue weighted by molar-refractivity contribution is 7.09. The molecular formula is C48H76N10O9S. The maximum atomic E-state index is 15.1. The lowest BCUT2D eigenvalue weighted by molar-refractivity contribution is -0.150. The average molecular weight is 969 g/mol. The summed E-state index contributed by atoms with van der Waals surface area (Å²) in [6.07, 6.45) is 6.58. The second kappa shape index (κ2) is 29.2. The van der Waals surface area contributed by atoms with E-state index in [4.69, 9.17) is 29.5 Å². The Bertz CT molecular complexity index is 1930. The second-order valence-electron chi connectivity index (χ2n) is 18.0. The first kappa shape index (κ1) is 55.7. The van der Waals surface area contributed by atoms with Gasteiger partial charge in [-0.2, -0.15) is 0 Å². The second-order valence-corrected chi connectivity index (χ2v) is 18.9. The predicted octanol–water partition coefficient (Wildman–Crippen LogP) is 6.85. The minimum absolute atomic E-state index is 0.0664. The fraction of sp³-hybridized carbons (Fsp3) is 0.708. The normalized spacial score (nSPS) is 18.1. The molecule has 0 unspecified atom stereocenters. The smallest absolute Gasteiger partial charge is 0.426 e. The topological polar surface area (TPSA) is 239 Å². The quantitative estimate of drug-likeness (QED) is 0.0158. The predicted molar refractivity (Wildman–Crippen MR) is 259 cm³/mol. The molecule has 1 saturated carbocycles. The minimum atomic E-state index is -0.873. The molecule has 2 fully saturated rings. The number of rotatable bonds is 30. The van der Waals surface area contributed by atoms with Gasteiger partial charge in [0.1, 0.15) is 36.2 Å². The van der Waals surface area contributed by atoms with Crippen LogP contribution in [0.2, 0.25) is 0 Å². The van der Waals surface area contributed by atoms with Crippen LogP contribution in [0.3, 0.4) is 0 Å². The third-order valence-electron chi connectivity index (χ3n) is 13.1. The van der Waals surface area contributed by atoms with Crippen molar-refractivity contribution in [1.29, 1.82) is 0 Å². The van der Waals surface area contributed by atoms with Gasteiger partial charge in [0.05, 0.1) is 19.3 Å². The molecule has 1 aromatic heterocycles. The van der Waals surface area contributed by atoms with E-state index in [1.54, 1.807) is 12.3 Å². The summed E-state index contributed by atoms with van der Waals surface area (Å²) in [5.74, 6) is -1.94. The van der Waals surface area contributed by atoms with Crippen LogP contribution in [0, 0.1) is 17.3 Å². The Morgan fingerprint density at radius 2 is 1.75 bits per heavy atom. The molecule has 2 heterocycles. The molecule has 378 valence electrons. The number of hydrogen-bond acceptors (Lipinski definition) is 13. The molecule has 2 aromatic rings. The summed E-state index contributed by atoms with van der Waals surface area (Å²) in [6, 6.07) is 7.80. The molecule has 0 radical (unpaired) electrons. The molecule has 19 nitrogen and oxygen atoms in total. The molecule has 0 bridgehead atoms. The Morgan fingerprint density at radius 1 is 0.985 bits per heavy atom. The van der Waals surface area contributed by atoms with Crippen LogP contribution in [0.15, 0.2) is 40.8 Å². The highest BCUT2D eigenvalue weighted by atomic mass is 32.1. The highest BCUT2D eigenvalue weighted by Crippen LogP contribution is 2.55. The Morgan fingerprint density at radius 3 is 2.41 bits per heavy atom. The number of likely N-dealkylation sites (N-methyl/N-ethyl adjacent to an activating group) is 1. The Hall–Kier alpha value is -4.85. The molecule has 1 aliphatic carbocycles. The number of hydrogen-bond donors (Lipinski definition) is 4. The van der Waals surface area contributed by atoms with E-state index in [9.17, 15) is 19.2 Å². The van der Waals surface area contributed by atoms with Gasteiger partial charge < -0.3 is 34.5 Å². The number of ether oxygens (including phenoxy) is 4. The summed E-state index contributed by atoms with van der Waals surface area (Å²) >= 11 is 1.33. The summed E-state index contributed by atoms with van der Waals surface area (Å²) in [5.41, 5.74) is 13.9. The molecule has 7 atom stereocenters. The fourth-order valence-electron chi connectivity index (χ4n) is 8.65. The zero-order valence-corrected chi connectivity index (χ0v) is 42.0. The van der Waals surface area contributed by atoms with E-state index < -0.39 is 42.0 Å². The Labute approximate surface area is 406 Å². The molecule has 1 saturated heterocycles. The first-order valence-corrected chi connectivity index (χ1v) is 25.3. The molecule has 68 heavy (non-hydrogen) atoms. The van der Waals surface area contributed by atoms with Crippen LogP contribution >= 0.6 is 11.3 Å². The van der Waals surface area contributed by atoms with Gasteiger partial charge in [-0.15, -0.1) is 11.3 Å². The van der Waals surface area contributed by atoms with Crippen LogP contribution in [0.25, 0.3) is 10.4 Å². The van der Waals surface area contributed by atoms with E-state index in [0.717, 1.165) is 57.1 Å². The maximum Gasteiger partial charge on any atom is 0.426 e. The number of piperidine rings is 1. The van der Waals surface area contributed by atoms with Gasteiger partial charge in [-0.05, 0) is 94.3 Å². The van der Waals surface area contributed by atoms with Gasteiger partial charge in [-0.3, -0.25) is 29.5 Å². The summed E-state index contributed by atoms with van der Waals surface area (Å²) < 4.78 is 22.9. The lowest BCUT2D eigenvalue weighted by atomic mass is 9.86. The third kappa shape index (κ3) is 17.3. The highest BCUT2D eigenvalue weighted by Gasteiger charge is 2.53. The molecular weight excluding hydrogens is 893 g/mol. The standard InChI is InChI=1S/C48H76N10O9S/c1-8-24-66-39(30-40(48(10-3)20-21-48)58(32-64-11-4)46(62)41(33(5)9-2)53-44(61)38-19-15-16-23-57(38)7)45-52-37(31-68-45)43(60)51-36(29-35-17-13-12-14-18-35)28-34(6)42(59)54-55-47(63)67-27-26-65-25-22-50-56-49/h12-14,17-18,31,33-34,36,38-41H,8-11,15-16,19-30,32H2,1-7H3,(H,51,60)(H,53,61)(H,54,59)(H,55,63)/t33-,34-,36+,38+,39+,40+,41-/m0/s1. The molecule has 4 rings (SSSR count). The number of azide groups is 1. The van der Waals surface area contributed by atoms with Crippen LogP contribution < -0.4 is 21.5 Å². The summed E-state index contributed by atoms with van der Waals surface area (Å²) in [7, 11) is 1.97. The number of nitrogens with one attached hydrogen (secondary N) is 4. The Kier molecular flexibility index (Phi) is 24.0.